The Morgan fingerprint density at radius 1 is 1.04 bits per heavy atom. The van der Waals surface area contributed by atoms with Gasteiger partial charge >= 0.3 is 6.03 Å². The zero-order valence-corrected chi connectivity index (χ0v) is 34.6. The molecule has 13 nitrogen and oxygen atoms in total. The van der Waals surface area contributed by atoms with Crippen LogP contribution in [0.1, 0.15) is 79.4 Å². The largest absolute Gasteiger partial charge is 0.346 e. The lowest BCUT2D eigenvalue weighted by Gasteiger charge is -2.38. The average Bonchev–Trinajstić information content (AvgIpc) is 3.46. The number of nitrogens with zero attached hydrogens (tertiary/aromatic N) is 2. The zero-order chi connectivity index (χ0) is 41.3. The number of benzene rings is 1. The second kappa shape index (κ2) is 16.5. The molecule has 6 atom stereocenters. The number of amides is 5. The summed E-state index contributed by atoms with van der Waals surface area (Å²) in [6.45, 7) is 18.5. The number of terminal acetylenes is 1. The maximum Gasteiger partial charge on any atom is 0.315 e. The highest BCUT2D eigenvalue weighted by molar-refractivity contribution is 7.90. The Morgan fingerprint density at radius 2 is 1.64 bits per heavy atom. The van der Waals surface area contributed by atoms with Crippen LogP contribution in [0.5, 0.6) is 0 Å². The number of hydrogen-bond acceptors (Lipinski definition) is 7. The lowest BCUT2D eigenvalue weighted by Crippen LogP contribution is -2.62. The molecule has 0 spiro atoms. The van der Waals surface area contributed by atoms with Gasteiger partial charge in [0.2, 0.25) is 27.6 Å². The highest BCUT2D eigenvalue weighted by Crippen LogP contribution is 2.65. The molecule has 1 heterocycles. The summed E-state index contributed by atoms with van der Waals surface area (Å²) in [5.74, 6) is -0.793. The Balaban J connectivity index is 1.63. The molecule has 0 radical (unpaired) electrons. The molecular weight excluding hydrogens is 721 g/mol. The average molecular weight is 781 g/mol. The first-order valence-corrected chi connectivity index (χ1v) is 20.5. The van der Waals surface area contributed by atoms with Gasteiger partial charge in [-0.15, -0.1) is 18.9 Å². The normalized spacial score (nSPS) is 22.0. The highest BCUT2D eigenvalue weighted by atomic mass is 32.2. The molecule has 1 unspecified atom stereocenters. The fourth-order valence-electron chi connectivity index (χ4n) is 8.07. The van der Waals surface area contributed by atoms with Crippen molar-refractivity contribution in [1.82, 2.24) is 30.5 Å². The number of nitrogens with one attached hydrogen (secondary N) is 4. The Hall–Kier alpha value is -4.22. The van der Waals surface area contributed by atoms with Crippen LogP contribution in [0.25, 0.3) is 0 Å². The third-order valence-corrected chi connectivity index (χ3v) is 14.2. The van der Waals surface area contributed by atoms with Gasteiger partial charge in [0, 0.05) is 39.1 Å². The van der Waals surface area contributed by atoms with Gasteiger partial charge in [0.15, 0.2) is 0 Å². The molecule has 2 aliphatic carbocycles. The summed E-state index contributed by atoms with van der Waals surface area (Å²) in [6, 6.07) is 3.40. The SMILES string of the molecule is C#CCCC(NC(=O)[C@@H]1[C@@H]2[C@H](CN1C(=O)[C@@H](NC(=O)N[C@H](CN(C)S(=O)(=O)C(C)(C)C)C(C)(C)C)C1Cc3ccccc3C1)C2(C)C)C(=O)C(=O)NCC=C. The molecule has 1 aliphatic heterocycles. The number of urea groups is 1. The number of likely N-dealkylation sites (tertiary alicyclic amines) is 1. The zero-order valence-electron chi connectivity index (χ0n) is 33.8. The Morgan fingerprint density at radius 3 is 2.16 bits per heavy atom. The minimum atomic E-state index is -3.71. The van der Waals surface area contributed by atoms with Crippen LogP contribution in [0.3, 0.4) is 0 Å². The van der Waals surface area contributed by atoms with E-state index < -0.39 is 73.9 Å². The predicted molar refractivity (Wildman–Crippen MR) is 212 cm³/mol. The molecule has 1 aromatic rings. The van der Waals surface area contributed by atoms with Gasteiger partial charge in [0.1, 0.15) is 12.1 Å². The van der Waals surface area contributed by atoms with E-state index in [-0.39, 0.29) is 55.6 Å². The van der Waals surface area contributed by atoms with Gasteiger partial charge in [-0.2, -0.15) is 0 Å². The van der Waals surface area contributed by atoms with Crippen molar-refractivity contribution < 1.29 is 32.4 Å². The van der Waals surface area contributed by atoms with Crippen LogP contribution in [0.15, 0.2) is 36.9 Å². The molecule has 0 bridgehead atoms. The van der Waals surface area contributed by atoms with Crippen LogP contribution in [0.4, 0.5) is 4.79 Å². The van der Waals surface area contributed by atoms with E-state index in [9.17, 15) is 32.4 Å². The second-order valence-electron chi connectivity index (χ2n) is 17.9. The number of ketones is 1. The molecule has 5 amide bonds. The molecule has 1 saturated carbocycles. The lowest BCUT2D eigenvalue weighted by atomic mass is 9.86. The van der Waals surface area contributed by atoms with E-state index in [0.717, 1.165) is 11.1 Å². The van der Waals surface area contributed by atoms with Crippen molar-refractivity contribution in [1.29, 1.82) is 0 Å². The smallest absolute Gasteiger partial charge is 0.315 e. The first-order valence-electron chi connectivity index (χ1n) is 19.0. The van der Waals surface area contributed by atoms with E-state index >= 15 is 0 Å². The molecule has 55 heavy (non-hydrogen) atoms. The summed E-state index contributed by atoms with van der Waals surface area (Å²) in [5, 5.41) is 11.2. The number of sulfonamides is 1. The van der Waals surface area contributed by atoms with Gasteiger partial charge in [-0.05, 0) is 79.7 Å². The third-order valence-electron chi connectivity index (χ3n) is 11.7. The quantitative estimate of drug-likeness (QED) is 0.120. The molecule has 4 rings (SSSR count). The number of fused-ring (bicyclic) bond motifs is 2. The van der Waals surface area contributed by atoms with Crippen LogP contribution in [-0.4, -0.2) is 103 Å². The second-order valence-corrected chi connectivity index (χ2v) is 20.7. The predicted octanol–water partition coefficient (Wildman–Crippen LogP) is 2.80. The van der Waals surface area contributed by atoms with Crippen molar-refractivity contribution in [3.8, 4) is 12.3 Å². The summed E-state index contributed by atoms with van der Waals surface area (Å²) >= 11 is 0. The van der Waals surface area contributed by atoms with Crippen molar-refractivity contribution in [3.63, 3.8) is 0 Å². The molecule has 3 aliphatic rings. The number of likely N-dealkylation sites (N-methyl/N-ethyl adjacent to an activating group) is 1. The fraction of sp³-hybridized carbons (Fsp3) is 0.634. The molecule has 0 aromatic heterocycles. The van der Waals surface area contributed by atoms with E-state index in [1.54, 1.807) is 20.8 Å². The van der Waals surface area contributed by atoms with E-state index in [1.807, 2.05) is 58.9 Å². The summed E-state index contributed by atoms with van der Waals surface area (Å²) in [4.78, 5) is 70.5. The van der Waals surface area contributed by atoms with Crippen molar-refractivity contribution in [2.24, 2.45) is 28.6 Å². The van der Waals surface area contributed by atoms with Crippen LogP contribution in [0, 0.1) is 40.9 Å². The summed E-state index contributed by atoms with van der Waals surface area (Å²) in [5.41, 5.74) is 1.31. The monoisotopic (exact) mass is 780 g/mol. The van der Waals surface area contributed by atoms with Gasteiger partial charge in [-0.25, -0.2) is 17.5 Å². The van der Waals surface area contributed by atoms with Crippen molar-refractivity contribution in [3.05, 3.63) is 48.0 Å². The highest BCUT2D eigenvalue weighted by Gasteiger charge is 2.70. The topological polar surface area (TPSA) is 174 Å². The summed E-state index contributed by atoms with van der Waals surface area (Å²) in [6.07, 6.45) is 8.12. The van der Waals surface area contributed by atoms with Crippen LogP contribution in [0.2, 0.25) is 0 Å². The number of carbonyl (C=O) groups is 5. The fourth-order valence-corrected chi connectivity index (χ4v) is 9.35. The van der Waals surface area contributed by atoms with E-state index in [2.05, 4.69) is 33.8 Å². The summed E-state index contributed by atoms with van der Waals surface area (Å²) in [7, 11) is -2.22. The van der Waals surface area contributed by atoms with Gasteiger partial charge in [0.25, 0.3) is 5.91 Å². The minimum Gasteiger partial charge on any atom is -0.346 e. The Kier molecular flexibility index (Phi) is 13.0. The molecule has 4 N–H and O–H groups in total. The standard InChI is InChI=1S/C41H60N6O7S/c1-12-14-19-29(34(48)36(50)42-20-13-2)43-35(49)33-31-28(41(31,9)10)23-47(33)37(51)32(27-21-25-17-15-16-18-26(25)22-27)45-38(52)44-30(39(3,4)5)24-46(11)55(53,54)40(6,7)8/h1,13,15-18,27-33H,2,14,19-24H2,3-11H3,(H,42,50)(H,43,49)(H2,44,45,52)/t28-,29?,30+,31-,32-,33-/m0/s1. The van der Waals surface area contributed by atoms with Gasteiger partial charge in [0.05, 0.1) is 10.8 Å². The van der Waals surface area contributed by atoms with Crippen molar-refractivity contribution in [2.45, 2.75) is 110 Å². The number of Topliss-reactive ketones (excluding diaryl/α,β-unsaturated/α-hetero) is 1. The summed E-state index contributed by atoms with van der Waals surface area (Å²) < 4.78 is 26.7. The van der Waals surface area contributed by atoms with Gasteiger partial charge in [-0.1, -0.05) is 65.0 Å². The molecule has 1 aromatic carbocycles. The molecular formula is C41H60N6O7S. The van der Waals surface area contributed by atoms with Crippen LogP contribution < -0.4 is 21.3 Å². The third kappa shape index (κ3) is 9.43. The van der Waals surface area contributed by atoms with E-state index in [4.69, 9.17) is 6.42 Å². The first kappa shape index (κ1) is 43.5. The molecule has 14 heteroatoms. The molecule has 1 saturated heterocycles. The number of rotatable bonds is 15. The van der Waals surface area contributed by atoms with Gasteiger partial charge < -0.3 is 26.2 Å². The first-order chi connectivity index (χ1) is 25.5. The number of hydrogen-bond donors (Lipinski definition) is 4. The minimum absolute atomic E-state index is 0.00198. The lowest BCUT2D eigenvalue weighted by molar-refractivity contribution is -0.144. The van der Waals surface area contributed by atoms with E-state index in [1.165, 1.54) is 22.3 Å². The van der Waals surface area contributed by atoms with Gasteiger partial charge in [-0.3, -0.25) is 19.2 Å². The maximum atomic E-state index is 14.9. The Bertz CT molecular complexity index is 1800. The van der Waals surface area contributed by atoms with Crippen LogP contribution in [-0.2, 0) is 42.0 Å². The number of carbonyl (C=O) groups excluding carboxylic acids is 5. The Labute approximate surface area is 327 Å². The maximum absolute atomic E-state index is 14.9. The van der Waals surface area contributed by atoms with Crippen molar-refractivity contribution >= 4 is 39.6 Å². The van der Waals surface area contributed by atoms with Crippen molar-refractivity contribution in [2.75, 3.05) is 26.7 Å². The molecule has 2 fully saturated rings. The van der Waals surface area contributed by atoms with Crippen LogP contribution >= 0.6 is 0 Å². The van der Waals surface area contributed by atoms with E-state index in [0.29, 0.717) is 12.8 Å². The molecule has 302 valence electrons. The number of piperidine rings is 1.